The van der Waals surface area contributed by atoms with Crippen molar-refractivity contribution >= 4 is 16.8 Å². The Balaban J connectivity index is 1.54. The molecule has 1 aromatic heterocycles. The van der Waals surface area contributed by atoms with Crippen LogP contribution in [0.15, 0.2) is 53.3 Å². The van der Waals surface area contributed by atoms with Gasteiger partial charge in [-0.25, -0.2) is 0 Å². The molecule has 27 heavy (non-hydrogen) atoms. The second kappa shape index (κ2) is 8.40. The number of H-pyrrole nitrogens is 1. The first-order chi connectivity index (χ1) is 13.0. The maximum absolute atomic E-state index is 12.2. The van der Waals surface area contributed by atoms with Crippen LogP contribution in [0.3, 0.4) is 0 Å². The molecule has 0 saturated heterocycles. The average molecular weight is 366 g/mol. The highest BCUT2D eigenvalue weighted by molar-refractivity contribution is 5.80. The van der Waals surface area contributed by atoms with Crippen molar-refractivity contribution in [3.8, 4) is 11.5 Å². The van der Waals surface area contributed by atoms with Gasteiger partial charge in [0.2, 0.25) is 0 Å². The van der Waals surface area contributed by atoms with Crippen LogP contribution in [0, 0.1) is 6.92 Å². The Hall–Kier alpha value is -3.28. The number of ether oxygens (including phenoxy) is 2. The van der Waals surface area contributed by atoms with Crippen molar-refractivity contribution in [2.45, 2.75) is 13.3 Å². The van der Waals surface area contributed by atoms with Gasteiger partial charge in [0.1, 0.15) is 11.5 Å². The number of hydrogen-bond donors (Lipinski definition) is 2. The van der Waals surface area contributed by atoms with Crippen molar-refractivity contribution in [1.29, 1.82) is 0 Å². The molecular formula is C21H22N2O4. The summed E-state index contributed by atoms with van der Waals surface area (Å²) in [6.45, 7) is 2.27. The minimum atomic E-state index is -0.224. The van der Waals surface area contributed by atoms with E-state index in [2.05, 4.69) is 10.3 Å². The molecule has 0 fully saturated rings. The van der Waals surface area contributed by atoms with Gasteiger partial charge in [-0.05, 0) is 54.6 Å². The molecule has 1 amide bonds. The molecular weight excluding hydrogens is 344 g/mol. The molecule has 0 radical (unpaired) electrons. The number of aromatic amines is 1. The summed E-state index contributed by atoms with van der Waals surface area (Å²) in [6, 6.07) is 14.9. The molecule has 6 heteroatoms. The molecule has 140 valence electrons. The first kappa shape index (κ1) is 18.5. The van der Waals surface area contributed by atoms with E-state index >= 15 is 0 Å². The molecule has 0 spiro atoms. The molecule has 0 aliphatic rings. The highest BCUT2D eigenvalue weighted by atomic mass is 16.5. The number of pyridine rings is 1. The van der Waals surface area contributed by atoms with E-state index in [0.29, 0.717) is 30.0 Å². The lowest BCUT2D eigenvalue weighted by atomic mass is 10.1. The molecule has 0 aliphatic carbocycles. The second-order valence-electron chi connectivity index (χ2n) is 6.28. The minimum absolute atomic E-state index is 0.0582. The van der Waals surface area contributed by atoms with Gasteiger partial charge in [-0.15, -0.1) is 0 Å². The fourth-order valence-electron chi connectivity index (χ4n) is 2.78. The third-order valence-corrected chi connectivity index (χ3v) is 4.21. The summed E-state index contributed by atoms with van der Waals surface area (Å²) >= 11 is 0. The largest absolute Gasteiger partial charge is 0.497 e. The van der Waals surface area contributed by atoms with E-state index in [1.165, 1.54) is 0 Å². The summed E-state index contributed by atoms with van der Waals surface area (Å²) in [5.74, 6) is 1.12. The van der Waals surface area contributed by atoms with E-state index in [1.807, 2.05) is 49.4 Å². The van der Waals surface area contributed by atoms with Crippen LogP contribution in [-0.2, 0) is 11.2 Å². The van der Waals surface area contributed by atoms with Crippen LogP contribution in [-0.4, -0.2) is 31.2 Å². The van der Waals surface area contributed by atoms with Crippen molar-refractivity contribution in [2.24, 2.45) is 0 Å². The molecule has 6 nitrogen and oxygen atoms in total. The van der Waals surface area contributed by atoms with Gasteiger partial charge in [-0.1, -0.05) is 12.1 Å². The number of benzene rings is 2. The molecule has 2 N–H and O–H groups in total. The fraction of sp³-hybridized carbons (Fsp3) is 0.238. The van der Waals surface area contributed by atoms with Crippen LogP contribution in [0.2, 0.25) is 0 Å². The Morgan fingerprint density at radius 2 is 1.96 bits per heavy atom. The lowest BCUT2D eigenvalue weighted by Gasteiger charge is -2.08. The quantitative estimate of drug-likeness (QED) is 0.673. The Morgan fingerprint density at radius 1 is 1.11 bits per heavy atom. The maximum Gasteiger partial charge on any atom is 0.257 e. The predicted molar refractivity (Wildman–Crippen MR) is 105 cm³/mol. The van der Waals surface area contributed by atoms with Gasteiger partial charge >= 0.3 is 0 Å². The summed E-state index contributed by atoms with van der Waals surface area (Å²) < 4.78 is 10.6. The highest BCUT2D eigenvalue weighted by Gasteiger charge is 2.06. The van der Waals surface area contributed by atoms with E-state index in [0.717, 1.165) is 16.5 Å². The lowest BCUT2D eigenvalue weighted by molar-refractivity contribution is -0.123. The van der Waals surface area contributed by atoms with Gasteiger partial charge in [0, 0.05) is 18.2 Å². The fourth-order valence-corrected chi connectivity index (χ4v) is 2.78. The van der Waals surface area contributed by atoms with E-state index < -0.39 is 0 Å². The van der Waals surface area contributed by atoms with Crippen LogP contribution >= 0.6 is 0 Å². The summed E-state index contributed by atoms with van der Waals surface area (Å²) in [4.78, 5) is 27.0. The van der Waals surface area contributed by atoms with Gasteiger partial charge in [0.05, 0.1) is 12.6 Å². The molecule has 0 bridgehead atoms. The van der Waals surface area contributed by atoms with E-state index in [-0.39, 0.29) is 18.1 Å². The predicted octanol–water partition coefficient (Wildman–Crippen LogP) is 2.58. The SMILES string of the molecule is COc1ccc2cc(CCNC(=O)COc3cccc(C)c3)c(=O)[nH]c2c1. The molecule has 0 aliphatic heterocycles. The summed E-state index contributed by atoms with van der Waals surface area (Å²) in [6.07, 6.45) is 0.438. The zero-order valence-corrected chi connectivity index (χ0v) is 15.4. The standard InChI is InChI=1S/C21H22N2O4/c1-14-4-3-5-18(10-14)27-13-20(24)22-9-8-16-11-15-6-7-17(26-2)12-19(15)23-21(16)25/h3-7,10-12H,8-9,13H2,1-2H3,(H,22,24)(H,23,25). The smallest absolute Gasteiger partial charge is 0.257 e. The van der Waals surface area contributed by atoms with Crippen LogP contribution in [0.5, 0.6) is 11.5 Å². The normalized spacial score (nSPS) is 10.6. The zero-order chi connectivity index (χ0) is 19.2. The van der Waals surface area contributed by atoms with Crippen molar-refractivity contribution < 1.29 is 14.3 Å². The number of aromatic nitrogens is 1. The number of aryl methyl sites for hydroxylation is 1. The number of carbonyl (C=O) groups is 1. The monoisotopic (exact) mass is 366 g/mol. The van der Waals surface area contributed by atoms with Crippen molar-refractivity contribution in [2.75, 3.05) is 20.3 Å². The lowest BCUT2D eigenvalue weighted by Crippen LogP contribution is -2.31. The van der Waals surface area contributed by atoms with Gasteiger partial charge in [-0.3, -0.25) is 9.59 Å². The highest BCUT2D eigenvalue weighted by Crippen LogP contribution is 2.18. The Bertz CT molecular complexity index is 1010. The van der Waals surface area contributed by atoms with Gasteiger partial charge in [-0.2, -0.15) is 0 Å². The summed E-state index contributed by atoms with van der Waals surface area (Å²) in [5.41, 5.74) is 2.24. The van der Waals surface area contributed by atoms with Crippen LogP contribution < -0.4 is 20.3 Å². The number of carbonyl (C=O) groups excluding carboxylic acids is 1. The number of nitrogens with one attached hydrogen (secondary N) is 2. The van der Waals surface area contributed by atoms with Crippen LogP contribution in [0.25, 0.3) is 10.9 Å². The van der Waals surface area contributed by atoms with E-state index in [1.54, 1.807) is 13.2 Å². The molecule has 2 aromatic carbocycles. The zero-order valence-electron chi connectivity index (χ0n) is 15.4. The van der Waals surface area contributed by atoms with E-state index in [9.17, 15) is 9.59 Å². The number of fused-ring (bicyclic) bond motifs is 1. The minimum Gasteiger partial charge on any atom is -0.497 e. The van der Waals surface area contributed by atoms with Crippen LogP contribution in [0.1, 0.15) is 11.1 Å². The van der Waals surface area contributed by atoms with Crippen molar-refractivity contribution in [1.82, 2.24) is 10.3 Å². The third-order valence-electron chi connectivity index (χ3n) is 4.21. The molecule has 0 saturated carbocycles. The van der Waals surface area contributed by atoms with Gasteiger partial charge in [0.15, 0.2) is 6.61 Å². The van der Waals surface area contributed by atoms with Crippen molar-refractivity contribution in [3.05, 3.63) is 70.0 Å². The number of hydrogen-bond acceptors (Lipinski definition) is 4. The van der Waals surface area contributed by atoms with Gasteiger partial charge < -0.3 is 19.8 Å². The maximum atomic E-state index is 12.2. The Morgan fingerprint density at radius 3 is 2.74 bits per heavy atom. The third kappa shape index (κ3) is 4.88. The Kier molecular flexibility index (Phi) is 5.76. The molecule has 0 unspecified atom stereocenters. The van der Waals surface area contributed by atoms with Gasteiger partial charge in [0.25, 0.3) is 11.5 Å². The van der Waals surface area contributed by atoms with E-state index in [4.69, 9.17) is 9.47 Å². The Labute approximate surface area is 157 Å². The summed E-state index contributed by atoms with van der Waals surface area (Å²) in [5, 5.41) is 3.69. The topological polar surface area (TPSA) is 80.4 Å². The first-order valence-electron chi connectivity index (χ1n) is 8.71. The van der Waals surface area contributed by atoms with Crippen molar-refractivity contribution in [3.63, 3.8) is 0 Å². The summed E-state index contributed by atoms with van der Waals surface area (Å²) in [7, 11) is 1.58. The molecule has 3 aromatic rings. The number of amides is 1. The number of methoxy groups -OCH3 is 1. The molecule has 1 heterocycles. The van der Waals surface area contributed by atoms with Crippen LogP contribution in [0.4, 0.5) is 0 Å². The second-order valence-corrected chi connectivity index (χ2v) is 6.28. The molecule has 0 atom stereocenters. The molecule has 3 rings (SSSR count). The number of rotatable bonds is 7. The first-order valence-corrected chi connectivity index (χ1v) is 8.71. The average Bonchev–Trinajstić information content (AvgIpc) is 2.66.